The highest BCUT2D eigenvalue weighted by Gasteiger charge is 2.25. The van der Waals surface area contributed by atoms with E-state index in [4.69, 9.17) is 0 Å². The third kappa shape index (κ3) is 2.98. The van der Waals surface area contributed by atoms with Gasteiger partial charge in [0.25, 0.3) is 5.91 Å². The molecule has 5 nitrogen and oxygen atoms in total. The SMILES string of the molecule is CC1CNCCN1C(=O)c1cc(=O)[nH]c2cc(F)ccc12.Cl. The smallest absolute Gasteiger partial charge is 0.255 e. The van der Waals surface area contributed by atoms with Crippen molar-refractivity contribution in [3.63, 3.8) is 0 Å². The summed E-state index contributed by atoms with van der Waals surface area (Å²) in [7, 11) is 0. The standard InChI is InChI=1S/C15H16FN3O2.ClH/c1-9-8-17-4-5-19(9)15(21)12-7-14(20)18-13-6-10(16)2-3-11(12)13;/h2-3,6-7,9,17H,4-5,8H2,1H3,(H,18,20);1H. The van der Waals surface area contributed by atoms with Gasteiger partial charge in [0.05, 0.1) is 11.1 Å². The van der Waals surface area contributed by atoms with Crippen molar-refractivity contribution in [3.05, 3.63) is 46.0 Å². The predicted octanol–water partition coefficient (Wildman–Crippen LogP) is 1.52. The molecule has 2 aromatic rings. The highest BCUT2D eigenvalue weighted by atomic mass is 35.5. The molecule has 0 bridgehead atoms. The number of aromatic nitrogens is 1. The fourth-order valence-corrected chi connectivity index (χ4v) is 2.71. The van der Waals surface area contributed by atoms with E-state index in [0.717, 1.165) is 13.1 Å². The van der Waals surface area contributed by atoms with Gasteiger partial charge < -0.3 is 15.2 Å². The van der Waals surface area contributed by atoms with Crippen LogP contribution in [0.1, 0.15) is 17.3 Å². The van der Waals surface area contributed by atoms with Crippen LogP contribution in [0.2, 0.25) is 0 Å². The normalized spacial score (nSPS) is 18.1. The quantitative estimate of drug-likeness (QED) is 0.835. The second-order valence-corrected chi connectivity index (χ2v) is 5.29. The molecule has 3 rings (SSSR count). The Bertz CT molecular complexity index is 762. The topological polar surface area (TPSA) is 65.2 Å². The third-order valence-corrected chi connectivity index (χ3v) is 3.80. The third-order valence-electron chi connectivity index (χ3n) is 3.80. The van der Waals surface area contributed by atoms with Crippen LogP contribution in [-0.2, 0) is 0 Å². The number of hydrogen-bond acceptors (Lipinski definition) is 3. The lowest BCUT2D eigenvalue weighted by Gasteiger charge is -2.34. The molecule has 1 aromatic carbocycles. The van der Waals surface area contributed by atoms with Crippen molar-refractivity contribution in [1.29, 1.82) is 0 Å². The number of nitrogens with zero attached hydrogens (tertiary/aromatic N) is 1. The van der Waals surface area contributed by atoms with E-state index >= 15 is 0 Å². The van der Waals surface area contributed by atoms with Gasteiger partial charge in [0.15, 0.2) is 0 Å². The first-order valence-electron chi connectivity index (χ1n) is 6.90. The second-order valence-electron chi connectivity index (χ2n) is 5.29. The summed E-state index contributed by atoms with van der Waals surface area (Å²) < 4.78 is 13.3. The van der Waals surface area contributed by atoms with Crippen LogP contribution in [0, 0.1) is 5.82 Å². The van der Waals surface area contributed by atoms with Gasteiger partial charge in [0.1, 0.15) is 5.82 Å². The van der Waals surface area contributed by atoms with E-state index in [2.05, 4.69) is 10.3 Å². The zero-order chi connectivity index (χ0) is 15.0. The number of nitrogens with one attached hydrogen (secondary N) is 2. The van der Waals surface area contributed by atoms with Crippen LogP contribution in [0.25, 0.3) is 10.9 Å². The number of hydrogen-bond donors (Lipinski definition) is 2. The van der Waals surface area contributed by atoms with Crippen molar-refractivity contribution in [2.75, 3.05) is 19.6 Å². The largest absolute Gasteiger partial charge is 0.333 e. The maximum absolute atomic E-state index is 13.3. The molecule has 1 aliphatic rings. The zero-order valence-electron chi connectivity index (χ0n) is 12.1. The van der Waals surface area contributed by atoms with Gasteiger partial charge in [-0.3, -0.25) is 9.59 Å². The summed E-state index contributed by atoms with van der Waals surface area (Å²) in [6.07, 6.45) is 0. The van der Waals surface area contributed by atoms with Crippen LogP contribution in [-0.4, -0.2) is 41.5 Å². The van der Waals surface area contributed by atoms with Crippen LogP contribution >= 0.6 is 12.4 Å². The fraction of sp³-hybridized carbons (Fsp3) is 0.333. The lowest BCUT2D eigenvalue weighted by atomic mass is 10.1. The number of H-pyrrole nitrogens is 1. The van der Waals surface area contributed by atoms with Gasteiger partial charge in [-0.05, 0) is 25.1 Å². The van der Waals surface area contributed by atoms with Crippen LogP contribution in [0.5, 0.6) is 0 Å². The van der Waals surface area contributed by atoms with E-state index in [-0.39, 0.29) is 24.4 Å². The summed E-state index contributed by atoms with van der Waals surface area (Å²) >= 11 is 0. The molecule has 2 heterocycles. The van der Waals surface area contributed by atoms with Crippen molar-refractivity contribution >= 4 is 29.2 Å². The lowest BCUT2D eigenvalue weighted by molar-refractivity contribution is 0.0657. The Hall–Kier alpha value is -1.92. The van der Waals surface area contributed by atoms with Crippen molar-refractivity contribution in [3.8, 4) is 0 Å². The molecule has 2 N–H and O–H groups in total. The molecule has 1 unspecified atom stereocenters. The Balaban J connectivity index is 0.00000176. The number of amides is 1. The molecule has 0 radical (unpaired) electrons. The molecule has 1 atom stereocenters. The first kappa shape index (κ1) is 16.5. The summed E-state index contributed by atoms with van der Waals surface area (Å²) in [6.45, 7) is 4.00. The van der Waals surface area contributed by atoms with E-state index in [9.17, 15) is 14.0 Å². The average molecular weight is 326 g/mol. The molecule has 0 aliphatic carbocycles. The summed E-state index contributed by atoms with van der Waals surface area (Å²) in [5, 5.41) is 3.78. The maximum atomic E-state index is 13.3. The van der Waals surface area contributed by atoms with Gasteiger partial charge in [0, 0.05) is 37.1 Å². The number of benzene rings is 1. The monoisotopic (exact) mass is 325 g/mol. The molecule has 118 valence electrons. The van der Waals surface area contributed by atoms with Gasteiger partial charge in [0.2, 0.25) is 5.56 Å². The Kier molecular flexibility index (Phi) is 4.83. The van der Waals surface area contributed by atoms with Crippen LogP contribution in [0.3, 0.4) is 0 Å². The molecule has 0 saturated carbocycles. The van der Waals surface area contributed by atoms with Crippen LogP contribution in [0.4, 0.5) is 4.39 Å². The highest BCUT2D eigenvalue weighted by Crippen LogP contribution is 2.19. The van der Waals surface area contributed by atoms with E-state index < -0.39 is 11.4 Å². The molecule has 1 fully saturated rings. The zero-order valence-corrected chi connectivity index (χ0v) is 12.9. The van der Waals surface area contributed by atoms with Crippen molar-refractivity contribution in [1.82, 2.24) is 15.2 Å². The minimum atomic E-state index is -0.446. The maximum Gasteiger partial charge on any atom is 0.255 e. The minimum Gasteiger partial charge on any atom is -0.333 e. The Morgan fingerprint density at radius 1 is 1.36 bits per heavy atom. The number of carbonyl (C=O) groups excluding carboxylic acids is 1. The molecule has 0 spiro atoms. The number of piperazine rings is 1. The first-order valence-corrected chi connectivity index (χ1v) is 6.90. The Morgan fingerprint density at radius 2 is 2.14 bits per heavy atom. The highest BCUT2D eigenvalue weighted by molar-refractivity contribution is 6.06. The molecule has 1 aromatic heterocycles. The Labute approximate surface area is 132 Å². The van der Waals surface area contributed by atoms with Gasteiger partial charge in [-0.25, -0.2) is 4.39 Å². The van der Waals surface area contributed by atoms with Gasteiger partial charge in [-0.2, -0.15) is 0 Å². The van der Waals surface area contributed by atoms with Crippen molar-refractivity contribution in [2.45, 2.75) is 13.0 Å². The minimum absolute atomic E-state index is 0. The van der Waals surface area contributed by atoms with Crippen molar-refractivity contribution < 1.29 is 9.18 Å². The number of carbonyl (C=O) groups is 1. The summed E-state index contributed by atoms with van der Waals surface area (Å²) in [5.41, 5.74) is 0.260. The van der Waals surface area contributed by atoms with E-state index in [1.165, 1.54) is 24.3 Å². The van der Waals surface area contributed by atoms with Crippen LogP contribution < -0.4 is 10.9 Å². The van der Waals surface area contributed by atoms with E-state index in [1.807, 2.05) is 6.92 Å². The molecule has 1 aliphatic heterocycles. The summed E-state index contributed by atoms with van der Waals surface area (Å²) in [5.74, 6) is -0.634. The second kappa shape index (κ2) is 6.46. The number of fused-ring (bicyclic) bond motifs is 1. The van der Waals surface area contributed by atoms with Gasteiger partial charge >= 0.3 is 0 Å². The van der Waals surface area contributed by atoms with Crippen molar-refractivity contribution in [2.24, 2.45) is 0 Å². The predicted molar refractivity (Wildman–Crippen MR) is 85.1 cm³/mol. The molecular weight excluding hydrogens is 309 g/mol. The Morgan fingerprint density at radius 3 is 2.86 bits per heavy atom. The number of aromatic amines is 1. The average Bonchev–Trinajstić information content (AvgIpc) is 2.45. The van der Waals surface area contributed by atoms with Gasteiger partial charge in [-0.15, -0.1) is 12.4 Å². The number of halogens is 2. The molecular formula is C15H17ClFN3O2. The van der Waals surface area contributed by atoms with Crippen LogP contribution in [0.15, 0.2) is 29.1 Å². The fourth-order valence-electron chi connectivity index (χ4n) is 2.71. The van der Waals surface area contributed by atoms with Gasteiger partial charge in [-0.1, -0.05) is 0 Å². The first-order chi connectivity index (χ1) is 10.1. The molecule has 1 saturated heterocycles. The summed E-state index contributed by atoms with van der Waals surface area (Å²) in [4.78, 5) is 28.7. The number of pyridine rings is 1. The number of rotatable bonds is 1. The van der Waals surface area contributed by atoms with E-state index in [1.54, 1.807) is 4.90 Å². The lowest BCUT2D eigenvalue weighted by Crippen LogP contribution is -2.52. The molecule has 1 amide bonds. The summed E-state index contributed by atoms with van der Waals surface area (Å²) in [6, 6.07) is 5.40. The molecule has 7 heteroatoms. The van der Waals surface area contributed by atoms with E-state index in [0.29, 0.717) is 23.0 Å². The molecule has 22 heavy (non-hydrogen) atoms.